The van der Waals surface area contributed by atoms with Gasteiger partial charge in [-0.1, -0.05) is 12.8 Å². The first-order valence-electron chi connectivity index (χ1n) is 7.53. The van der Waals surface area contributed by atoms with Gasteiger partial charge in [0.15, 0.2) is 0 Å². The molecule has 5 nitrogen and oxygen atoms in total. The second-order valence-corrected chi connectivity index (χ2v) is 6.35. The van der Waals surface area contributed by atoms with Gasteiger partial charge in [-0.2, -0.15) is 0 Å². The molecule has 7 heteroatoms. The molecule has 1 aliphatic rings. The van der Waals surface area contributed by atoms with E-state index in [9.17, 15) is 4.79 Å². The fourth-order valence-electron chi connectivity index (χ4n) is 2.93. The monoisotopic (exact) mass is 406 g/mol. The Morgan fingerprint density at radius 1 is 1.26 bits per heavy atom. The van der Waals surface area contributed by atoms with Gasteiger partial charge in [-0.15, -0.1) is 12.4 Å². The van der Waals surface area contributed by atoms with Crippen LogP contribution in [-0.2, 0) is 0 Å². The first-order chi connectivity index (χ1) is 10.6. The lowest BCUT2D eigenvalue weighted by atomic mass is 9.84. The molecule has 3 N–H and O–H groups in total. The Labute approximate surface area is 151 Å². The number of amides is 1. The maximum atomic E-state index is 12.5. The van der Waals surface area contributed by atoms with Gasteiger partial charge < -0.3 is 20.5 Å². The van der Waals surface area contributed by atoms with Crippen LogP contribution in [0.5, 0.6) is 11.5 Å². The number of nitrogens with one attached hydrogen (secondary N) is 1. The molecule has 130 valence electrons. The van der Waals surface area contributed by atoms with Gasteiger partial charge >= 0.3 is 0 Å². The van der Waals surface area contributed by atoms with Gasteiger partial charge in [-0.3, -0.25) is 4.79 Å². The van der Waals surface area contributed by atoms with Crippen molar-refractivity contribution in [3.8, 4) is 11.5 Å². The van der Waals surface area contributed by atoms with E-state index in [1.54, 1.807) is 26.4 Å². The zero-order chi connectivity index (χ0) is 16.1. The molecule has 1 fully saturated rings. The molecule has 0 aliphatic heterocycles. The number of hydrogen-bond donors (Lipinski definition) is 2. The molecule has 0 spiro atoms. The summed E-state index contributed by atoms with van der Waals surface area (Å²) in [5.74, 6) is 1.39. The van der Waals surface area contributed by atoms with E-state index >= 15 is 0 Å². The van der Waals surface area contributed by atoms with Crippen LogP contribution in [0, 0.1) is 5.92 Å². The van der Waals surface area contributed by atoms with E-state index in [-0.39, 0.29) is 24.4 Å². The Balaban J connectivity index is 0.00000264. The zero-order valence-corrected chi connectivity index (χ0v) is 15.8. The van der Waals surface area contributed by atoms with Gasteiger partial charge in [0.1, 0.15) is 16.0 Å². The van der Waals surface area contributed by atoms with Crippen LogP contribution in [0.1, 0.15) is 36.0 Å². The van der Waals surface area contributed by atoms with Crippen molar-refractivity contribution in [2.75, 3.05) is 20.8 Å². The van der Waals surface area contributed by atoms with Crippen molar-refractivity contribution in [3.05, 3.63) is 22.2 Å². The molecule has 2 atom stereocenters. The van der Waals surface area contributed by atoms with Crippen molar-refractivity contribution in [1.29, 1.82) is 0 Å². The predicted molar refractivity (Wildman–Crippen MR) is 96.8 cm³/mol. The third-order valence-corrected chi connectivity index (χ3v) is 5.02. The summed E-state index contributed by atoms with van der Waals surface area (Å²) in [7, 11) is 3.12. The fourth-order valence-corrected chi connectivity index (χ4v) is 3.48. The number of ether oxygens (including phenoxy) is 2. The van der Waals surface area contributed by atoms with Crippen LogP contribution >= 0.6 is 28.3 Å². The molecular weight excluding hydrogens is 384 g/mol. The fraction of sp³-hybridized carbons (Fsp3) is 0.562. The summed E-state index contributed by atoms with van der Waals surface area (Å²) < 4.78 is 11.3. The summed E-state index contributed by atoms with van der Waals surface area (Å²) >= 11 is 3.41. The van der Waals surface area contributed by atoms with Crippen LogP contribution in [0.2, 0.25) is 0 Å². The van der Waals surface area contributed by atoms with E-state index in [2.05, 4.69) is 21.2 Å². The molecule has 1 aliphatic carbocycles. The molecule has 2 unspecified atom stereocenters. The van der Waals surface area contributed by atoms with Crippen LogP contribution in [0.15, 0.2) is 16.6 Å². The highest BCUT2D eigenvalue weighted by Gasteiger charge is 2.26. The Bertz CT molecular complexity index is 517. The van der Waals surface area contributed by atoms with E-state index in [1.807, 2.05) is 0 Å². The smallest absolute Gasteiger partial charge is 0.251 e. The van der Waals surface area contributed by atoms with Crippen molar-refractivity contribution in [2.24, 2.45) is 11.7 Å². The van der Waals surface area contributed by atoms with Crippen LogP contribution in [0.4, 0.5) is 0 Å². The molecule has 1 saturated carbocycles. The van der Waals surface area contributed by atoms with E-state index in [0.717, 1.165) is 19.3 Å². The summed E-state index contributed by atoms with van der Waals surface area (Å²) in [5.41, 5.74) is 6.35. The Morgan fingerprint density at radius 2 is 1.83 bits per heavy atom. The van der Waals surface area contributed by atoms with E-state index < -0.39 is 0 Å². The summed E-state index contributed by atoms with van der Waals surface area (Å²) in [5, 5.41) is 3.11. The predicted octanol–water partition coefficient (Wildman–Crippen LogP) is 3.14. The second kappa shape index (κ2) is 9.35. The van der Waals surface area contributed by atoms with Gasteiger partial charge in [0.2, 0.25) is 0 Å². The topological polar surface area (TPSA) is 73.6 Å². The molecular formula is C16H24BrClN2O3. The van der Waals surface area contributed by atoms with Gasteiger partial charge in [0.05, 0.1) is 14.2 Å². The molecule has 0 aromatic heterocycles. The summed E-state index contributed by atoms with van der Waals surface area (Å²) in [4.78, 5) is 12.5. The molecule has 1 aromatic rings. The molecule has 23 heavy (non-hydrogen) atoms. The third kappa shape index (κ3) is 4.75. The highest BCUT2D eigenvalue weighted by molar-refractivity contribution is 9.10. The minimum Gasteiger partial charge on any atom is -0.495 e. The lowest BCUT2D eigenvalue weighted by Crippen LogP contribution is -2.44. The van der Waals surface area contributed by atoms with Crippen molar-refractivity contribution >= 4 is 34.2 Å². The average molecular weight is 408 g/mol. The Hall–Kier alpha value is -0.980. The quantitative estimate of drug-likeness (QED) is 0.786. The van der Waals surface area contributed by atoms with E-state index in [0.29, 0.717) is 34.0 Å². The first-order valence-corrected chi connectivity index (χ1v) is 8.32. The number of carbonyl (C=O) groups excluding carboxylic acids is 1. The molecule has 2 rings (SSSR count). The van der Waals surface area contributed by atoms with Gasteiger partial charge in [0, 0.05) is 11.6 Å². The summed E-state index contributed by atoms with van der Waals surface area (Å²) in [6.45, 7) is 0.609. The Morgan fingerprint density at radius 3 is 2.35 bits per heavy atom. The van der Waals surface area contributed by atoms with Crippen molar-refractivity contribution in [2.45, 2.75) is 31.7 Å². The number of carbonyl (C=O) groups is 1. The van der Waals surface area contributed by atoms with Gasteiger partial charge in [-0.25, -0.2) is 0 Å². The third-order valence-electron chi connectivity index (χ3n) is 4.24. The van der Waals surface area contributed by atoms with E-state index in [1.165, 1.54) is 6.42 Å². The standard InChI is InChI=1S/C16H23BrN2O3.ClH/c1-21-13-7-11(8-14(22-2)15(13)17)16(20)19-12-6-4-3-5-10(12)9-18;/h7-8,10,12H,3-6,9,18H2,1-2H3,(H,19,20);1H. The summed E-state index contributed by atoms with van der Waals surface area (Å²) in [6.07, 6.45) is 4.38. The van der Waals surface area contributed by atoms with Gasteiger partial charge in [0.25, 0.3) is 5.91 Å². The normalized spacial score (nSPS) is 20.3. The summed E-state index contributed by atoms with van der Waals surface area (Å²) in [6, 6.07) is 3.57. The van der Waals surface area contributed by atoms with Crippen LogP contribution in [-0.4, -0.2) is 32.7 Å². The molecule has 0 saturated heterocycles. The highest BCUT2D eigenvalue weighted by atomic mass is 79.9. The van der Waals surface area contributed by atoms with Crippen LogP contribution in [0.25, 0.3) is 0 Å². The Kier molecular flexibility index (Phi) is 8.16. The van der Waals surface area contributed by atoms with Crippen LogP contribution < -0.4 is 20.5 Å². The van der Waals surface area contributed by atoms with Crippen molar-refractivity contribution in [3.63, 3.8) is 0 Å². The minimum absolute atomic E-state index is 0. The SMILES string of the molecule is COc1cc(C(=O)NC2CCCCC2CN)cc(OC)c1Br.Cl. The second-order valence-electron chi connectivity index (χ2n) is 5.55. The number of methoxy groups -OCH3 is 2. The van der Waals surface area contributed by atoms with Gasteiger partial charge in [-0.05, 0) is 53.4 Å². The lowest BCUT2D eigenvalue weighted by Gasteiger charge is -2.31. The van der Waals surface area contributed by atoms with Crippen molar-refractivity contribution < 1.29 is 14.3 Å². The molecule has 1 amide bonds. The van der Waals surface area contributed by atoms with Crippen LogP contribution in [0.3, 0.4) is 0 Å². The number of benzene rings is 1. The zero-order valence-electron chi connectivity index (χ0n) is 13.4. The van der Waals surface area contributed by atoms with E-state index in [4.69, 9.17) is 15.2 Å². The number of halogens is 2. The number of nitrogens with two attached hydrogens (primary N) is 1. The molecule has 0 radical (unpaired) electrons. The number of hydrogen-bond acceptors (Lipinski definition) is 4. The average Bonchev–Trinajstić information content (AvgIpc) is 2.55. The largest absolute Gasteiger partial charge is 0.495 e. The maximum absolute atomic E-state index is 12.5. The number of rotatable bonds is 5. The maximum Gasteiger partial charge on any atom is 0.251 e. The highest BCUT2D eigenvalue weighted by Crippen LogP contribution is 2.35. The minimum atomic E-state index is -0.116. The molecule has 1 aromatic carbocycles. The molecule has 0 heterocycles. The van der Waals surface area contributed by atoms with Crippen molar-refractivity contribution in [1.82, 2.24) is 5.32 Å². The first kappa shape index (κ1) is 20.1. The molecule has 0 bridgehead atoms. The lowest BCUT2D eigenvalue weighted by molar-refractivity contribution is 0.0907.